The van der Waals surface area contributed by atoms with Crippen molar-refractivity contribution in [2.45, 2.75) is 78.0 Å². The van der Waals surface area contributed by atoms with Gasteiger partial charge in [0.2, 0.25) is 0 Å². The van der Waals surface area contributed by atoms with Crippen LogP contribution in [0.25, 0.3) is 0 Å². The summed E-state index contributed by atoms with van der Waals surface area (Å²) in [5.74, 6) is 0. The second kappa shape index (κ2) is 18.9. The van der Waals surface area contributed by atoms with Crippen LogP contribution in [0.5, 0.6) is 0 Å². The van der Waals surface area contributed by atoms with E-state index < -0.39 is 0 Å². The van der Waals surface area contributed by atoms with Gasteiger partial charge in [-0.1, -0.05) is 55.4 Å². The van der Waals surface area contributed by atoms with Crippen LogP contribution in [0, 0.1) is 13.3 Å². The molecule has 0 aromatic heterocycles. The van der Waals surface area contributed by atoms with Crippen LogP contribution in [0.2, 0.25) is 0 Å². The molecule has 0 aromatic carbocycles. The Morgan fingerprint density at radius 1 is 0.571 bits per heavy atom. The van der Waals surface area contributed by atoms with Crippen molar-refractivity contribution >= 4 is 15.8 Å². The number of hydrogen-bond donors (Lipinski definition) is 0. The molecule has 0 fully saturated rings. The third kappa shape index (κ3) is 15.5. The Morgan fingerprint density at radius 3 is 0.810 bits per heavy atom. The Kier molecular flexibility index (Phi) is 26.8. The summed E-state index contributed by atoms with van der Waals surface area (Å²) >= 11 is 0. The molecule has 0 aliphatic carbocycles. The van der Waals surface area contributed by atoms with Gasteiger partial charge in [0.25, 0.3) is 0 Å². The standard InChI is InChI=1S/C14H32P2.2CO.Ni/c1-11(2)15(12(3)4)9-10-16(13(5)6)14(7)8;2*1-2;/h11-14H,9-10H2,1-8H3;;;. The van der Waals surface area contributed by atoms with Gasteiger partial charge in [-0.05, 0) is 35.0 Å². The second-order valence-corrected chi connectivity index (χ2v) is 12.9. The van der Waals surface area contributed by atoms with Gasteiger partial charge in [-0.2, -0.15) is 0 Å². The summed E-state index contributed by atoms with van der Waals surface area (Å²) in [6.45, 7) is 28.3. The molecule has 0 saturated heterocycles. The Balaban J connectivity index is -0.000000264. The van der Waals surface area contributed by atoms with Gasteiger partial charge in [0, 0.05) is 16.5 Å². The molecular formula is C16H32NiO2P2. The molecule has 0 spiro atoms. The van der Waals surface area contributed by atoms with Crippen LogP contribution in [-0.2, 0) is 25.8 Å². The van der Waals surface area contributed by atoms with Gasteiger partial charge in [-0.3, -0.25) is 0 Å². The fourth-order valence-corrected chi connectivity index (χ4v) is 8.75. The van der Waals surface area contributed by atoms with Crippen molar-refractivity contribution in [1.29, 1.82) is 0 Å². The van der Waals surface area contributed by atoms with Crippen LogP contribution in [0.1, 0.15) is 55.4 Å². The van der Waals surface area contributed by atoms with Crippen molar-refractivity contribution in [2.75, 3.05) is 12.3 Å². The van der Waals surface area contributed by atoms with Gasteiger partial charge in [0.15, 0.2) is 0 Å². The van der Waals surface area contributed by atoms with Crippen molar-refractivity contribution in [1.82, 2.24) is 0 Å². The molecular weight excluding hydrogens is 345 g/mol. The van der Waals surface area contributed by atoms with E-state index in [1.54, 1.807) is 0 Å². The zero-order chi connectivity index (χ0) is 16.9. The number of hydrogen-bond acceptors (Lipinski definition) is 0. The number of rotatable bonds is 7. The molecule has 0 saturated carbocycles. The molecule has 0 N–H and O–H groups in total. The van der Waals surface area contributed by atoms with E-state index in [-0.39, 0.29) is 32.3 Å². The van der Waals surface area contributed by atoms with Crippen LogP contribution in [0.3, 0.4) is 0 Å². The van der Waals surface area contributed by atoms with Crippen molar-refractivity contribution in [2.24, 2.45) is 0 Å². The van der Waals surface area contributed by atoms with Crippen molar-refractivity contribution in [3.8, 4) is 0 Å². The van der Waals surface area contributed by atoms with E-state index in [0.717, 1.165) is 22.6 Å². The molecule has 0 atom stereocenters. The fraction of sp³-hybridized carbons (Fsp3) is 0.875. The summed E-state index contributed by atoms with van der Waals surface area (Å²) < 4.78 is 15.0. The maximum atomic E-state index is 7.50. The average molecular weight is 377 g/mol. The Hall–Kier alpha value is 0.834. The minimum absolute atomic E-state index is 0. The SMILES string of the molecule is CC(C)P(CCP(C(C)C)C(C)C)C(C)C.[C-]#[O+].[C-]#[O+].[Ni]. The fourth-order valence-electron chi connectivity index (χ4n) is 2.46. The summed E-state index contributed by atoms with van der Waals surface area (Å²) in [7, 11) is 0.511. The van der Waals surface area contributed by atoms with Crippen LogP contribution in [-0.4, -0.2) is 35.0 Å². The first kappa shape index (κ1) is 29.8. The van der Waals surface area contributed by atoms with E-state index in [2.05, 4.69) is 68.7 Å². The van der Waals surface area contributed by atoms with Crippen molar-refractivity contribution in [3.63, 3.8) is 0 Å². The molecule has 0 heterocycles. The summed E-state index contributed by atoms with van der Waals surface area (Å²) in [6.07, 6.45) is 3.01. The monoisotopic (exact) mass is 376 g/mol. The van der Waals surface area contributed by atoms with E-state index >= 15 is 0 Å². The van der Waals surface area contributed by atoms with Gasteiger partial charge in [0.05, 0.1) is 0 Å². The molecule has 0 aliphatic rings. The quantitative estimate of drug-likeness (QED) is 0.243. The molecule has 0 aliphatic heterocycles. The minimum Gasteiger partial charge on any atom is 0 e. The molecule has 5 heteroatoms. The maximum Gasteiger partial charge on any atom is 0 e. The van der Waals surface area contributed by atoms with E-state index in [1.165, 1.54) is 12.3 Å². The Morgan fingerprint density at radius 2 is 0.714 bits per heavy atom. The molecule has 0 amide bonds. The summed E-state index contributed by atoms with van der Waals surface area (Å²) in [5, 5.41) is 0. The molecule has 0 radical (unpaired) electrons. The summed E-state index contributed by atoms with van der Waals surface area (Å²) in [6, 6.07) is 0. The van der Waals surface area contributed by atoms with E-state index in [0.29, 0.717) is 0 Å². The average Bonchev–Trinajstić information content (AvgIpc) is 2.37. The predicted octanol–water partition coefficient (Wildman–Crippen LogP) is 5.51. The first-order valence-electron chi connectivity index (χ1n) is 7.19. The molecule has 0 bridgehead atoms. The van der Waals surface area contributed by atoms with Gasteiger partial charge in [0.1, 0.15) is 0 Å². The Labute approximate surface area is 145 Å². The topological polar surface area (TPSA) is 39.8 Å². The second-order valence-electron chi connectivity index (χ2n) is 5.85. The molecule has 0 aromatic rings. The zero-order valence-corrected chi connectivity index (χ0v) is 17.5. The summed E-state index contributed by atoms with van der Waals surface area (Å²) in [5.41, 5.74) is 3.63. The predicted molar refractivity (Wildman–Crippen MR) is 92.0 cm³/mol. The smallest absolute Gasteiger partial charge is 0 e. The largest absolute Gasteiger partial charge is 0 e. The van der Waals surface area contributed by atoms with Crippen LogP contribution < -0.4 is 0 Å². The third-order valence-electron chi connectivity index (χ3n) is 3.27. The molecule has 21 heavy (non-hydrogen) atoms. The van der Waals surface area contributed by atoms with Crippen LogP contribution >= 0.6 is 15.8 Å². The Bertz CT molecular complexity index is 209. The first-order chi connectivity index (χ1) is 9.27. The maximum absolute atomic E-state index is 7.50. The van der Waals surface area contributed by atoms with E-state index in [9.17, 15) is 0 Å². The van der Waals surface area contributed by atoms with Gasteiger partial charge < -0.3 is 0 Å². The van der Waals surface area contributed by atoms with Gasteiger partial charge >= 0.3 is 22.6 Å². The van der Waals surface area contributed by atoms with Crippen molar-refractivity contribution in [3.05, 3.63) is 13.3 Å². The van der Waals surface area contributed by atoms with Crippen LogP contribution in [0.15, 0.2) is 0 Å². The van der Waals surface area contributed by atoms with Gasteiger partial charge in [-0.25, -0.2) is 0 Å². The zero-order valence-electron chi connectivity index (χ0n) is 14.8. The van der Waals surface area contributed by atoms with E-state index in [4.69, 9.17) is 9.30 Å². The molecule has 128 valence electrons. The summed E-state index contributed by atoms with van der Waals surface area (Å²) in [4.78, 5) is 0. The first-order valence-corrected chi connectivity index (χ1v) is 10.5. The normalized spacial score (nSPS) is 10.2. The van der Waals surface area contributed by atoms with Gasteiger partial charge in [-0.15, -0.1) is 15.8 Å². The molecule has 0 unspecified atom stereocenters. The molecule has 0 rings (SSSR count). The van der Waals surface area contributed by atoms with Crippen LogP contribution in [0.4, 0.5) is 0 Å². The minimum atomic E-state index is 0. The van der Waals surface area contributed by atoms with Crippen molar-refractivity contribution < 1.29 is 25.8 Å². The van der Waals surface area contributed by atoms with E-state index in [1.807, 2.05) is 0 Å². The third-order valence-corrected chi connectivity index (χ3v) is 10.4. The molecule has 2 nitrogen and oxygen atoms in total.